The Bertz CT molecular complexity index is 2370. The third-order valence-electron chi connectivity index (χ3n) is 8.58. The first-order valence-electron chi connectivity index (χ1n) is 19.5. The van der Waals surface area contributed by atoms with Crippen molar-refractivity contribution in [2.75, 3.05) is 95.3 Å². The smallest absolute Gasteiger partial charge is 0.231 e. The summed E-state index contributed by atoms with van der Waals surface area (Å²) in [5.41, 5.74) is 15.3. The van der Waals surface area contributed by atoms with E-state index in [2.05, 4.69) is 55.6 Å². The lowest BCUT2D eigenvalue weighted by Gasteiger charge is -2.11. The van der Waals surface area contributed by atoms with E-state index in [4.69, 9.17) is 52.1 Å². The molecule has 0 amide bonds. The first kappa shape index (κ1) is 49.8. The minimum absolute atomic E-state index is 0.0401. The highest BCUT2D eigenvalue weighted by atomic mass is 79.9. The van der Waals surface area contributed by atoms with E-state index in [9.17, 15) is 9.59 Å². The fourth-order valence-electron chi connectivity index (χ4n) is 5.32. The molecule has 0 spiro atoms. The average molecular weight is 1010 g/mol. The molecule has 6 N–H and O–H groups in total. The van der Waals surface area contributed by atoms with Gasteiger partial charge in [0.15, 0.2) is 44.2 Å². The topological polar surface area (TPSA) is 197 Å². The van der Waals surface area contributed by atoms with Gasteiger partial charge in [-0.25, -0.2) is 4.98 Å². The number of likely N-dealkylation sites (N-methyl/N-ethyl adjacent to an activating group) is 2. The molecule has 340 valence electrons. The molecule has 7 rings (SSSR count). The zero-order valence-electron chi connectivity index (χ0n) is 35.6. The van der Waals surface area contributed by atoms with Crippen molar-refractivity contribution in [1.29, 1.82) is 0 Å². The number of aliphatic imine (C=N–C) groups is 1. The molecule has 4 aromatic carbocycles. The fraction of sp³-hybridized carbons (Fsp3) is 0.279. The summed E-state index contributed by atoms with van der Waals surface area (Å²) in [6.07, 6.45) is 0. The number of thiazole rings is 1. The number of alkyl halides is 1. The van der Waals surface area contributed by atoms with Crippen molar-refractivity contribution in [3.05, 3.63) is 101 Å². The van der Waals surface area contributed by atoms with Crippen LogP contribution in [0.5, 0.6) is 34.5 Å². The molecule has 0 fully saturated rings. The van der Waals surface area contributed by atoms with Gasteiger partial charge in [-0.2, -0.15) is 4.99 Å². The van der Waals surface area contributed by atoms with Crippen molar-refractivity contribution >= 4 is 105 Å². The van der Waals surface area contributed by atoms with E-state index in [1.165, 1.54) is 23.1 Å². The molecule has 16 nitrogen and oxygen atoms in total. The standard InChI is InChI=1S/C21H22N4O4S.C13H21N4OPS2.C9H7BrO3/c1-25(2)9-10-27-15-6-4-14(5-7-15)23-21-24-20(22)19(30-21)18(26)13-3-8-16-17(11-13)29-12-28-16;1-17(2)7-8-18-11-5-3-10(4-6-11)15-13(20)16-12(14)21-9-19;10-4-7(11)6-1-2-8-9(3-6)13-5-12-8/h3-8,11H,9-10,12,22H2,1-2H3,(H,23,24);3-6H,7-9,19H2,1-2H3,(H3,14,15,16,20);1-3H,4-5H2. The van der Waals surface area contributed by atoms with E-state index >= 15 is 0 Å². The Balaban J connectivity index is 0.000000196. The second-order valence-electron chi connectivity index (χ2n) is 13.9. The Hall–Kier alpha value is -5.21. The van der Waals surface area contributed by atoms with Gasteiger partial charge in [0, 0.05) is 41.1 Å². The molecular formula is C43H50BrN8O8PS3. The Kier molecular flexibility index (Phi) is 19.7. The monoisotopic (exact) mass is 1010 g/mol. The van der Waals surface area contributed by atoms with E-state index in [0.29, 0.717) is 73.0 Å². The number of thioether (sulfide) groups is 1. The quantitative estimate of drug-likeness (QED) is 0.0188. The summed E-state index contributed by atoms with van der Waals surface area (Å²) in [5.74, 6) is 4.16. The predicted molar refractivity (Wildman–Crippen MR) is 267 cm³/mol. The van der Waals surface area contributed by atoms with Gasteiger partial charge >= 0.3 is 0 Å². The van der Waals surface area contributed by atoms with Crippen molar-refractivity contribution in [3.63, 3.8) is 0 Å². The number of nitrogen functional groups attached to an aromatic ring is 1. The van der Waals surface area contributed by atoms with Gasteiger partial charge in [0.05, 0.1) is 5.33 Å². The molecule has 0 saturated heterocycles. The number of halogens is 1. The van der Waals surface area contributed by atoms with E-state index in [0.717, 1.165) is 41.5 Å². The van der Waals surface area contributed by atoms with Gasteiger partial charge < -0.3 is 60.3 Å². The van der Waals surface area contributed by atoms with Crippen LogP contribution < -0.4 is 50.5 Å². The maximum absolute atomic E-state index is 12.9. The van der Waals surface area contributed by atoms with Crippen LogP contribution in [0.1, 0.15) is 25.6 Å². The molecule has 3 heterocycles. The Labute approximate surface area is 396 Å². The molecule has 0 aliphatic carbocycles. The van der Waals surface area contributed by atoms with Crippen LogP contribution in [-0.4, -0.2) is 116 Å². The number of rotatable bonds is 16. The van der Waals surface area contributed by atoms with Gasteiger partial charge in [-0.05, 0) is 125 Å². The minimum atomic E-state index is -0.207. The predicted octanol–water partition coefficient (Wildman–Crippen LogP) is 7.57. The van der Waals surface area contributed by atoms with Gasteiger partial charge in [-0.15, -0.1) is 9.24 Å². The molecule has 64 heavy (non-hydrogen) atoms. The molecule has 1 unspecified atom stereocenters. The number of ketones is 2. The van der Waals surface area contributed by atoms with Crippen LogP contribution in [0.4, 0.5) is 22.3 Å². The lowest BCUT2D eigenvalue weighted by atomic mass is 10.1. The van der Waals surface area contributed by atoms with Gasteiger partial charge in [-0.1, -0.05) is 39.0 Å². The number of hydrogen-bond acceptors (Lipinski definition) is 16. The number of fused-ring (bicyclic) bond motifs is 2. The maximum Gasteiger partial charge on any atom is 0.231 e. The molecule has 5 aromatic rings. The zero-order chi connectivity index (χ0) is 46.0. The zero-order valence-corrected chi connectivity index (χ0v) is 40.8. The number of carbonyl (C=O) groups excluding carboxylic acids is 2. The van der Waals surface area contributed by atoms with Crippen molar-refractivity contribution in [3.8, 4) is 34.5 Å². The van der Waals surface area contributed by atoms with Crippen LogP contribution in [0.3, 0.4) is 0 Å². The molecule has 2 aliphatic heterocycles. The molecule has 0 bridgehead atoms. The number of Topliss-reactive ketones (excluding diaryl/α,β-unsaturated/α-hetero) is 1. The summed E-state index contributed by atoms with van der Waals surface area (Å²) in [6.45, 7) is 3.40. The SMILES string of the molecule is CN(C)CCOc1ccc(NC(=S)N=C(N)SCP)cc1.CN(C)CCOc1ccc(Nc2nc(N)c(C(=O)c3ccc4c(c3)OCO4)s2)cc1.O=C(CBr)c1ccc2c(c1)OCO2. The third kappa shape index (κ3) is 15.8. The molecule has 1 aromatic heterocycles. The maximum atomic E-state index is 12.9. The van der Waals surface area contributed by atoms with Gasteiger partial charge in [0.25, 0.3) is 0 Å². The average Bonchev–Trinajstić information content (AvgIpc) is 4.04. The second kappa shape index (κ2) is 25.3. The lowest BCUT2D eigenvalue weighted by molar-refractivity contribution is 0.102. The number of aromatic nitrogens is 1. The van der Waals surface area contributed by atoms with Crippen LogP contribution in [-0.2, 0) is 0 Å². The molecule has 2 aliphatic rings. The summed E-state index contributed by atoms with van der Waals surface area (Å²) >= 11 is 10.9. The second-order valence-corrected chi connectivity index (χ2v) is 17.9. The van der Waals surface area contributed by atoms with Crippen LogP contribution in [0.25, 0.3) is 0 Å². The summed E-state index contributed by atoms with van der Waals surface area (Å²) < 4.78 is 32.2. The molecule has 1 atom stereocenters. The van der Waals surface area contributed by atoms with E-state index < -0.39 is 0 Å². The van der Waals surface area contributed by atoms with Gasteiger partial charge in [0.1, 0.15) is 35.4 Å². The number of anilines is 4. The number of hydrogen-bond donors (Lipinski definition) is 4. The normalized spacial score (nSPS) is 12.2. The van der Waals surface area contributed by atoms with E-state index in [1.54, 1.807) is 36.4 Å². The van der Waals surface area contributed by atoms with Crippen molar-refractivity contribution in [2.24, 2.45) is 10.7 Å². The van der Waals surface area contributed by atoms with Crippen molar-refractivity contribution < 1.29 is 38.0 Å². The first-order chi connectivity index (χ1) is 30.8. The van der Waals surface area contributed by atoms with Gasteiger partial charge in [-0.3, -0.25) is 9.59 Å². The van der Waals surface area contributed by atoms with Crippen LogP contribution >= 0.6 is 60.5 Å². The van der Waals surface area contributed by atoms with E-state index in [1.807, 2.05) is 76.7 Å². The summed E-state index contributed by atoms with van der Waals surface area (Å²) in [4.78, 5) is 37.0. The largest absolute Gasteiger partial charge is 0.492 e. The van der Waals surface area contributed by atoms with Gasteiger partial charge in [0.2, 0.25) is 19.4 Å². The summed E-state index contributed by atoms with van der Waals surface area (Å²) in [6, 6.07) is 25.4. The fourth-order valence-corrected chi connectivity index (χ4v) is 7.62. The number of ether oxygens (including phenoxy) is 6. The highest BCUT2D eigenvalue weighted by molar-refractivity contribution is 9.09. The number of amidine groups is 1. The number of carbonyl (C=O) groups is 2. The van der Waals surface area contributed by atoms with Crippen LogP contribution in [0.2, 0.25) is 0 Å². The van der Waals surface area contributed by atoms with E-state index in [-0.39, 0.29) is 31.0 Å². The Morgan fingerprint density at radius 1 is 0.828 bits per heavy atom. The lowest BCUT2D eigenvalue weighted by Crippen LogP contribution is -2.19. The molecular weight excluding hydrogens is 964 g/mol. The number of thiocarbonyl (C=S) groups is 1. The molecule has 0 saturated carbocycles. The van der Waals surface area contributed by atoms with Crippen LogP contribution in [0, 0.1) is 0 Å². The number of nitrogens with zero attached hydrogens (tertiary/aromatic N) is 4. The highest BCUT2D eigenvalue weighted by Crippen LogP contribution is 2.36. The van der Waals surface area contributed by atoms with Crippen molar-refractivity contribution in [1.82, 2.24) is 14.8 Å². The highest BCUT2D eigenvalue weighted by Gasteiger charge is 2.22. The minimum Gasteiger partial charge on any atom is -0.492 e. The summed E-state index contributed by atoms with van der Waals surface area (Å²) in [7, 11) is 10.6. The number of nitrogens with one attached hydrogen (secondary N) is 2. The third-order valence-corrected chi connectivity index (χ3v) is 11.3. The Morgan fingerprint density at radius 3 is 1.88 bits per heavy atom. The molecule has 0 radical (unpaired) electrons. The van der Waals surface area contributed by atoms with Crippen molar-refractivity contribution in [2.45, 2.75) is 0 Å². The first-order valence-corrected chi connectivity index (χ1v) is 23.7. The number of benzene rings is 4. The summed E-state index contributed by atoms with van der Waals surface area (Å²) in [5, 5.41) is 7.86. The molecule has 21 heteroatoms. The van der Waals surface area contributed by atoms with Crippen LogP contribution in [0.15, 0.2) is 89.9 Å². The number of nitrogens with two attached hydrogens (primary N) is 2. The Morgan fingerprint density at radius 2 is 1.34 bits per heavy atom.